The van der Waals surface area contributed by atoms with Gasteiger partial charge in [0.25, 0.3) is 5.56 Å². The average molecular weight is 437 g/mol. The summed E-state index contributed by atoms with van der Waals surface area (Å²) in [5.41, 5.74) is 2.10. The lowest BCUT2D eigenvalue weighted by molar-refractivity contribution is 0.555. The highest BCUT2D eigenvalue weighted by Crippen LogP contribution is 2.26. The molecular formula is C20H16FN7O2S. The number of fused-ring (bicyclic) bond motifs is 1. The molecule has 156 valence electrons. The minimum absolute atomic E-state index is 0.183. The number of hydrogen-bond donors (Lipinski definition) is 0. The van der Waals surface area contributed by atoms with Crippen molar-refractivity contribution in [2.45, 2.75) is 17.8 Å². The lowest BCUT2D eigenvalue weighted by atomic mass is 10.3. The summed E-state index contributed by atoms with van der Waals surface area (Å²) >= 11 is 1.24. The van der Waals surface area contributed by atoms with Crippen molar-refractivity contribution < 1.29 is 8.81 Å². The fraction of sp³-hybridized carbons (Fsp3) is 0.150. The molecular weight excluding hydrogens is 421 g/mol. The summed E-state index contributed by atoms with van der Waals surface area (Å²) in [6.45, 7) is 1.83. The Bertz CT molecular complexity index is 1450. The molecule has 0 saturated heterocycles. The predicted octanol–water partition coefficient (Wildman–Crippen LogP) is 3.03. The van der Waals surface area contributed by atoms with Gasteiger partial charge in [-0.05, 0) is 41.6 Å². The Morgan fingerprint density at radius 2 is 1.94 bits per heavy atom. The maximum atomic E-state index is 13.9. The Morgan fingerprint density at radius 1 is 1.13 bits per heavy atom. The fourth-order valence-electron chi connectivity index (χ4n) is 3.36. The van der Waals surface area contributed by atoms with Crippen LogP contribution in [0.3, 0.4) is 0 Å². The molecule has 2 aromatic carbocycles. The number of nitrogens with zero attached hydrogens (tertiary/aromatic N) is 7. The lowest BCUT2D eigenvalue weighted by Crippen LogP contribution is -2.22. The standard InChI is InChI=1S/C20H16FN7O2S/c1-12-18(19(29)28(26(12)2)13-7-4-3-5-8-13)27-20(23-24-25-27)31-11-16-22-17-14(21)9-6-10-15(17)30-16/h3-10H,11H2,1-2H3. The van der Waals surface area contributed by atoms with E-state index in [1.807, 2.05) is 37.3 Å². The molecule has 0 N–H and O–H groups in total. The van der Waals surface area contributed by atoms with Gasteiger partial charge in [-0.15, -0.1) is 5.10 Å². The first-order valence-electron chi connectivity index (χ1n) is 9.34. The highest BCUT2D eigenvalue weighted by molar-refractivity contribution is 7.98. The SMILES string of the molecule is Cc1c(-n2nnnc2SCc2nc3c(F)cccc3o2)c(=O)n(-c2ccccc2)n1C. The highest BCUT2D eigenvalue weighted by atomic mass is 32.2. The second kappa shape index (κ2) is 7.51. The highest BCUT2D eigenvalue weighted by Gasteiger charge is 2.22. The molecule has 0 amide bonds. The van der Waals surface area contributed by atoms with Crippen LogP contribution in [0.5, 0.6) is 0 Å². The van der Waals surface area contributed by atoms with E-state index in [9.17, 15) is 9.18 Å². The van der Waals surface area contributed by atoms with Crippen LogP contribution in [-0.4, -0.2) is 34.6 Å². The molecule has 0 bridgehead atoms. The van der Waals surface area contributed by atoms with E-state index in [2.05, 4.69) is 20.5 Å². The van der Waals surface area contributed by atoms with Crippen LogP contribution in [0.1, 0.15) is 11.6 Å². The van der Waals surface area contributed by atoms with E-state index in [0.29, 0.717) is 28.0 Å². The third-order valence-corrected chi connectivity index (χ3v) is 5.82. The van der Waals surface area contributed by atoms with E-state index in [0.717, 1.165) is 5.69 Å². The zero-order valence-corrected chi connectivity index (χ0v) is 17.4. The summed E-state index contributed by atoms with van der Waals surface area (Å²) in [6, 6.07) is 13.9. The summed E-state index contributed by atoms with van der Waals surface area (Å²) < 4.78 is 24.2. The average Bonchev–Trinajstić information content (AvgIpc) is 3.45. The number of benzene rings is 2. The molecule has 0 aliphatic rings. The first-order chi connectivity index (χ1) is 15.0. The lowest BCUT2D eigenvalue weighted by Gasteiger charge is -2.07. The van der Waals surface area contributed by atoms with E-state index in [-0.39, 0.29) is 16.8 Å². The second-order valence-corrected chi connectivity index (χ2v) is 7.71. The largest absolute Gasteiger partial charge is 0.440 e. The zero-order valence-electron chi connectivity index (χ0n) is 16.6. The molecule has 0 aliphatic carbocycles. The minimum atomic E-state index is -0.441. The van der Waals surface area contributed by atoms with Crippen LogP contribution in [-0.2, 0) is 12.8 Å². The molecule has 11 heteroatoms. The van der Waals surface area contributed by atoms with Crippen molar-refractivity contribution in [2.75, 3.05) is 0 Å². The molecule has 3 aromatic heterocycles. The molecule has 0 radical (unpaired) electrons. The van der Waals surface area contributed by atoms with Crippen molar-refractivity contribution >= 4 is 22.9 Å². The zero-order chi connectivity index (χ0) is 21.5. The van der Waals surface area contributed by atoms with Crippen LogP contribution in [0.2, 0.25) is 0 Å². The smallest absolute Gasteiger partial charge is 0.297 e. The van der Waals surface area contributed by atoms with Gasteiger partial charge in [0.05, 0.1) is 17.1 Å². The van der Waals surface area contributed by atoms with Gasteiger partial charge in [-0.2, -0.15) is 4.68 Å². The van der Waals surface area contributed by atoms with Crippen molar-refractivity contribution in [3.63, 3.8) is 0 Å². The van der Waals surface area contributed by atoms with Gasteiger partial charge in [-0.3, -0.25) is 9.48 Å². The van der Waals surface area contributed by atoms with Gasteiger partial charge >= 0.3 is 0 Å². The molecule has 5 aromatic rings. The molecule has 0 unspecified atom stereocenters. The Labute approximate surface area is 179 Å². The monoisotopic (exact) mass is 437 g/mol. The van der Waals surface area contributed by atoms with Crippen molar-refractivity contribution in [1.29, 1.82) is 0 Å². The van der Waals surface area contributed by atoms with E-state index in [1.165, 1.54) is 22.5 Å². The quantitative estimate of drug-likeness (QED) is 0.390. The van der Waals surface area contributed by atoms with Crippen LogP contribution in [0.15, 0.2) is 62.9 Å². The summed E-state index contributed by atoms with van der Waals surface area (Å²) in [5, 5.41) is 12.2. The number of halogens is 1. The Kier molecular flexibility index (Phi) is 4.66. The minimum Gasteiger partial charge on any atom is -0.440 e. The summed E-state index contributed by atoms with van der Waals surface area (Å²) in [7, 11) is 1.80. The van der Waals surface area contributed by atoms with Crippen LogP contribution in [0.4, 0.5) is 4.39 Å². The van der Waals surface area contributed by atoms with Crippen molar-refractivity contribution in [1.82, 2.24) is 34.6 Å². The number of para-hydroxylation sites is 2. The maximum Gasteiger partial charge on any atom is 0.297 e. The number of oxazole rings is 1. The summed E-state index contributed by atoms with van der Waals surface area (Å²) in [4.78, 5) is 17.4. The van der Waals surface area contributed by atoms with Gasteiger partial charge in [0.2, 0.25) is 11.0 Å². The Hall–Kier alpha value is -3.73. The maximum absolute atomic E-state index is 13.9. The fourth-order valence-corrected chi connectivity index (χ4v) is 4.08. The van der Waals surface area contributed by atoms with Crippen LogP contribution in [0.25, 0.3) is 22.5 Å². The Balaban J connectivity index is 1.49. The molecule has 0 atom stereocenters. The second-order valence-electron chi connectivity index (χ2n) is 6.77. The van der Waals surface area contributed by atoms with Gasteiger partial charge in [0.1, 0.15) is 5.52 Å². The molecule has 0 spiro atoms. The van der Waals surface area contributed by atoms with E-state index in [1.54, 1.807) is 28.5 Å². The number of thioether (sulfide) groups is 1. The topological polar surface area (TPSA) is 96.6 Å². The first kappa shape index (κ1) is 19.2. The Morgan fingerprint density at radius 3 is 2.71 bits per heavy atom. The molecule has 0 fully saturated rings. The third-order valence-electron chi connectivity index (χ3n) is 4.92. The normalized spacial score (nSPS) is 11.5. The van der Waals surface area contributed by atoms with Gasteiger partial charge in [-0.25, -0.2) is 14.1 Å². The summed E-state index contributed by atoms with van der Waals surface area (Å²) in [5.74, 6) is 0.169. The molecule has 31 heavy (non-hydrogen) atoms. The number of rotatable bonds is 5. The van der Waals surface area contributed by atoms with Gasteiger partial charge in [0.15, 0.2) is 17.1 Å². The van der Waals surface area contributed by atoms with Crippen molar-refractivity contribution in [3.05, 3.63) is 76.3 Å². The van der Waals surface area contributed by atoms with Gasteiger partial charge < -0.3 is 4.42 Å². The number of hydrogen-bond acceptors (Lipinski definition) is 7. The molecule has 5 rings (SSSR count). The van der Waals surface area contributed by atoms with Crippen molar-refractivity contribution in [3.8, 4) is 11.4 Å². The number of aromatic nitrogens is 7. The van der Waals surface area contributed by atoms with E-state index < -0.39 is 5.82 Å². The van der Waals surface area contributed by atoms with Gasteiger partial charge in [0, 0.05) is 7.05 Å². The molecule has 0 aliphatic heterocycles. The molecule has 3 heterocycles. The van der Waals surface area contributed by atoms with Crippen LogP contribution >= 0.6 is 11.8 Å². The van der Waals surface area contributed by atoms with Crippen molar-refractivity contribution in [2.24, 2.45) is 7.05 Å². The predicted molar refractivity (Wildman–Crippen MR) is 112 cm³/mol. The summed E-state index contributed by atoms with van der Waals surface area (Å²) in [6.07, 6.45) is 0. The van der Waals surface area contributed by atoms with E-state index in [4.69, 9.17) is 4.42 Å². The van der Waals surface area contributed by atoms with E-state index >= 15 is 0 Å². The van der Waals surface area contributed by atoms with Crippen LogP contribution < -0.4 is 5.56 Å². The third kappa shape index (κ3) is 3.22. The number of tetrazole rings is 1. The first-order valence-corrected chi connectivity index (χ1v) is 10.3. The molecule has 0 saturated carbocycles. The molecule has 9 nitrogen and oxygen atoms in total. The van der Waals surface area contributed by atoms with Gasteiger partial charge in [-0.1, -0.05) is 36.0 Å². The van der Waals surface area contributed by atoms with Crippen LogP contribution in [0, 0.1) is 12.7 Å².